The minimum absolute atomic E-state index is 0.243. The highest BCUT2D eigenvalue weighted by Gasteiger charge is 2.06. The third kappa shape index (κ3) is 6.09. The summed E-state index contributed by atoms with van der Waals surface area (Å²) >= 11 is 0. The first-order valence-electron chi connectivity index (χ1n) is 5.93. The number of nitrogen functional groups attached to an aromatic ring is 1. The largest absolute Gasteiger partial charge is 0.378 e. The molecule has 4 N–H and O–H groups in total. The summed E-state index contributed by atoms with van der Waals surface area (Å²) in [5.74, 6) is 5.27. The highest BCUT2D eigenvalue weighted by atomic mass is 16.5. The number of hydrazine groups is 1. The van der Waals surface area contributed by atoms with Gasteiger partial charge in [-0.2, -0.15) is 0 Å². The molecule has 0 saturated heterocycles. The number of anilines is 1. The number of carbonyl (C=O) groups excluding carboxylic acids is 1. The van der Waals surface area contributed by atoms with Crippen LogP contribution in [-0.2, 0) is 4.74 Å². The molecule has 8 nitrogen and oxygen atoms in total. The van der Waals surface area contributed by atoms with Crippen molar-refractivity contribution in [3.8, 4) is 0 Å². The zero-order valence-corrected chi connectivity index (χ0v) is 11.2. The van der Waals surface area contributed by atoms with Gasteiger partial charge in [0, 0.05) is 13.1 Å². The molecule has 0 fully saturated rings. The van der Waals surface area contributed by atoms with Gasteiger partial charge in [-0.25, -0.2) is 15.8 Å². The van der Waals surface area contributed by atoms with Crippen molar-refractivity contribution in [2.75, 3.05) is 45.8 Å². The number of carbonyl (C=O) groups is 1. The lowest BCUT2D eigenvalue weighted by atomic mass is 10.4. The first-order valence-corrected chi connectivity index (χ1v) is 5.93. The molecule has 0 unspecified atom stereocenters. The van der Waals surface area contributed by atoms with E-state index < -0.39 is 0 Å². The number of rotatable bonds is 8. The number of likely N-dealkylation sites (N-methyl/N-ethyl adjacent to an activating group) is 1. The molecular weight excluding hydrogens is 248 g/mol. The van der Waals surface area contributed by atoms with Crippen molar-refractivity contribution >= 4 is 11.7 Å². The fourth-order valence-electron chi connectivity index (χ4n) is 1.20. The second-order valence-electron chi connectivity index (χ2n) is 4.10. The molecule has 1 aromatic heterocycles. The molecule has 0 saturated carbocycles. The van der Waals surface area contributed by atoms with Crippen LogP contribution in [0.2, 0.25) is 0 Å². The first kappa shape index (κ1) is 15.3. The minimum Gasteiger partial charge on any atom is -0.378 e. The molecule has 0 aliphatic carbocycles. The molecule has 0 radical (unpaired) electrons. The third-order valence-corrected chi connectivity index (χ3v) is 2.25. The van der Waals surface area contributed by atoms with E-state index in [0.29, 0.717) is 25.6 Å². The highest BCUT2D eigenvalue weighted by molar-refractivity contribution is 5.91. The summed E-state index contributed by atoms with van der Waals surface area (Å²) in [5, 5.41) is 2.69. The van der Waals surface area contributed by atoms with Crippen LogP contribution < -0.4 is 16.6 Å². The summed E-state index contributed by atoms with van der Waals surface area (Å²) < 4.78 is 5.35. The Kier molecular flexibility index (Phi) is 6.72. The molecule has 0 spiro atoms. The molecule has 0 aromatic carbocycles. The van der Waals surface area contributed by atoms with Crippen LogP contribution >= 0.6 is 0 Å². The van der Waals surface area contributed by atoms with Gasteiger partial charge < -0.3 is 20.4 Å². The quantitative estimate of drug-likeness (QED) is 0.318. The predicted octanol–water partition coefficient (Wildman–Crippen LogP) is -0.930. The Morgan fingerprint density at radius 1 is 1.37 bits per heavy atom. The molecule has 106 valence electrons. The standard InChI is InChI=1S/C11H20N6O2/c1-17(2)4-6-19-5-3-13-11(18)9-7-15-10(16-12)8-14-9/h7-8H,3-6,12H2,1-2H3,(H,13,18)(H,15,16). The van der Waals surface area contributed by atoms with Crippen LogP contribution in [0.15, 0.2) is 12.4 Å². The number of nitrogens with two attached hydrogens (primary N) is 1. The number of nitrogens with one attached hydrogen (secondary N) is 2. The number of nitrogens with zero attached hydrogens (tertiary/aromatic N) is 3. The number of ether oxygens (including phenoxy) is 1. The van der Waals surface area contributed by atoms with Crippen LogP contribution in [0.4, 0.5) is 5.82 Å². The molecule has 0 atom stereocenters. The van der Waals surface area contributed by atoms with Crippen LogP contribution in [0.3, 0.4) is 0 Å². The number of hydrogen-bond donors (Lipinski definition) is 3. The maximum atomic E-state index is 11.7. The van der Waals surface area contributed by atoms with E-state index in [1.807, 2.05) is 19.0 Å². The van der Waals surface area contributed by atoms with Gasteiger partial charge in [-0.3, -0.25) is 4.79 Å². The average Bonchev–Trinajstić information content (AvgIpc) is 2.42. The van der Waals surface area contributed by atoms with Crippen molar-refractivity contribution in [1.29, 1.82) is 0 Å². The van der Waals surface area contributed by atoms with Gasteiger partial charge in [0.2, 0.25) is 0 Å². The molecular formula is C11H20N6O2. The van der Waals surface area contributed by atoms with Crippen molar-refractivity contribution in [2.24, 2.45) is 5.84 Å². The lowest BCUT2D eigenvalue weighted by molar-refractivity contribution is 0.0895. The lowest BCUT2D eigenvalue weighted by Gasteiger charge is -2.10. The van der Waals surface area contributed by atoms with Gasteiger partial charge in [-0.05, 0) is 14.1 Å². The summed E-state index contributed by atoms with van der Waals surface area (Å²) in [6.45, 7) is 2.40. The Morgan fingerprint density at radius 2 is 2.16 bits per heavy atom. The molecule has 1 heterocycles. The lowest BCUT2D eigenvalue weighted by Crippen LogP contribution is -2.29. The molecule has 0 aliphatic heterocycles. The van der Waals surface area contributed by atoms with Crippen molar-refractivity contribution in [3.05, 3.63) is 18.1 Å². The van der Waals surface area contributed by atoms with Crippen LogP contribution in [-0.4, -0.2) is 61.2 Å². The average molecular weight is 268 g/mol. The van der Waals surface area contributed by atoms with E-state index in [1.165, 1.54) is 12.4 Å². The zero-order chi connectivity index (χ0) is 14.1. The van der Waals surface area contributed by atoms with Crippen LogP contribution in [0.25, 0.3) is 0 Å². The summed E-state index contributed by atoms with van der Waals surface area (Å²) in [6, 6.07) is 0. The maximum Gasteiger partial charge on any atom is 0.271 e. The normalized spacial score (nSPS) is 10.5. The SMILES string of the molecule is CN(C)CCOCCNC(=O)c1cnc(NN)cn1. The Labute approximate surface area is 112 Å². The maximum absolute atomic E-state index is 11.7. The van der Waals surface area contributed by atoms with Crippen LogP contribution in [0.1, 0.15) is 10.5 Å². The van der Waals surface area contributed by atoms with E-state index in [0.717, 1.165) is 6.54 Å². The molecule has 1 aromatic rings. The fourth-order valence-corrected chi connectivity index (χ4v) is 1.20. The number of hydrogen-bond acceptors (Lipinski definition) is 7. The minimum atomic E-state index is -0.285. The summed E-state index contributed by atoms with van der Waals surface area (Å²) in [7, 11) is 3.95. The van der Waals surface area contributed by atoms with Crippen molar-refractivity contribution in [1.82, 2.24) is 20.2 Å². The monoisotopic (exact) mass is 268 g/mol. The second kappa shape index (κ2) is 8.35. The topological polar surface area (TPSA) is 105 Å². The third-order valence-electron chi connectivity index (χ3n) is 2.25. The van der Waals surface area contributed by atoms with Crippen molar-refractivity contribution < 1.29 is 9.53 Å². The Hall–Kier alpha value is -1.77. The van der Waals surface area contributed by atoms with E-state index in [2.05, 4.69) is 20.7 Å². The van der Waals surface area contributed by atoms with E-state index >= 15 is 0 Å². The molecule has 0 aliphatic rings. The van der Waals surface area contributed by atoms with Gasteiger partial charge in [0.05, 0.1) is 25.6 Å². The van der Waals surface area contributed by atoms with E-state index in [9.17, 15) is 4.79 Å². The highest BCUT2D eigenvalue weighted by Crippen LogP contribution is 1.98. The van der Waals surface area contributed by atoms with E-state index in [-0.39, 0.29) is 11.6 Å². The second-order valence-corrected chi connectivity index (χ2v) is 4.10. The first-order chi connectivity index (χ1) is 9.13. The Balaban J connectivity index is 2.20. The van der Waals surface area contributed by atoms with E-state index in [4.69, 9.17) is 10.6 Å². The van der Waals surface area contributed by atoms with Crippen molar-refractivity contribution in [3.63, 3.8) is 0 Å². The number of amides is 1. The summed E-state index contributed by atoms with van der Waals surface area (Å²) in [6.07, 6.45) is 2.75. The molecule has 1 rings (SSSR count). The van der Waals surface area contributed by atoms with Gasteiger partial charge in [-0.15, -0.1) is 0 Å². The van der Waals surface area contributed by atoms with Crippen LogP contribution in [0.5, 0.6) is 0 Å². The van der Waals surface area contributed by atoms with Gasteiger partial charge in [-0.1, -0.05) is 0 Å². The number of aromatic nitrogens is 2. The summed E-state index contributed by atoms with van der Waals surface area (Å²) in [5.41, 5.74) is 2.58. The van der Waals surface area contributed by atoms with Gasteiger partial charge >= 0.3 is 0 Å². The fraction of sp³-hybridized carbons (Fsp3) is 0.545. The molecule has 8 heteroatoms. The molecule has 0 bridgehead atoms. The van der Waals surface area contributed by atoms with Gasteiger partial charge in [0.15, 0.2) is 5.82 Å². The summed E-state index contributed by atoms with van der Waals surface area (Å²) in [4.78, 5) is 21.5. The predicted molar refractivity (Wildman–Crippen MR) is 71.5 cm³/mol. The van der Waals surface area contributed by atoms with Crippen LogP contribution in [0, 0.1) is 0 Å². The molecule has 1 amide bonds. The van der Waals surface area contributed by atoms with Gasteiger partial charge in [0.1, 0.15) is 5.69 Å². The van der Waals surface area contributed by atoms with Crippen molar-refractivity contribution in [2.45, 2.75) is 0 Å². The zero-order valence-electron chi connectivity index (χ0n) is 11.2. The smallest absolute Gasteiger partial charge is 0.271 e. The molecule has 19 heavy (non-hydrogen) atoms. The van der Waals surface area contributed by atoms with Gasteiger partial charge in [0.25, 0.3) is 5.91 Å². The van der Waals surface area contributed by atoms with E-state index in [1.54, 1.807) is 0 Å². The Bertz CT molecular complexity index is 381. The Morgan fingerprint density at radius 3 is 2.74 bits per heavy atom.